The Labute approximate surface area is 68.3 Å². The van der Waals surface area contributed by atoms with Crippen LogP contribution >= 0.6 is 0 Å². The smallest absolute Gasteiger partial charge is 0.204 e. The monoisotopic (exact) mass is 203 g/mol. The normalized spacial score (nSPS) is 14.0. The minimum absolute atomic E-state index is 0.349. The first-order chi connectivity index (χ1) is 5.31. The minimum atomic E-state index is -5.23. The molecule has 7 heteroatoms. The first-order valence-corrected chi connectivity index (χ1v) is 4.46. The van der Waals surface area contributed by atoms with E-state index in [0.29, 0.717) is 0 Å². The van der Waals surface area contributed by atoms with E-state index in [9.17, 15) is 21.6 Å². The molecule has 0 heterocycles. The highest BCUT2D eigenvalue weighted by Gasteiger charge is 2.45. The Morgan fingerprint density at radius 1 is 1.42 bits per heavy atom. The van der Waals surface area contributed by atoms with Gasteiger partial charge in [-0.3, -0.25) is 0 Å². The molecule has 1 N–H and O–H groups in total. The first-order valence-electron chi connectivity index (χ1n) is 2.98. The van der Waals surface area contributed by atoms with Crippen molar-refractivity contribution in [3.05, 3.63) is 12.2 Å². The van der Waals surface area contributed by atoms with Crippen molar-refractivity contribution in [2.45, 2.75) is 12.4 Å². The predicted octanol–water partition coefficient (Wildman–Crippen LogP) is 1.00. The summed E-state index contributed by atoms with van der Waals surface area (Å²) in [6.45, 7) is 1.22. The predicted molar refractivity (Wildman–Crippen MR) is 37.8 cm³/mol. The fourth-order valence-corrected chi connectivity index (χ4v) is 0.837. The van der Waals surface area contributed by atoms with E-state index in [2.05, 4.69) is 0 Å². The van der Waals surface area contributed by atoms with Gasteiger partial charge in [0.2, 0.25) is 0 Å². The molecule has 72 valence electrons. The number of rotatable bonds is 3. The molecule has 0 aliphatic heterocycles. The van der Waals surface area contributed by atoms with Gasteiger partial charge in [0, 0.05) is 6.54 Å². The molecule has 0 spiro atoms. The molecule has 0 aliphatic rings. The second-order valence-corrected chi connectivity index (χ2v) is 3.63. The lowest BCUT2D eigenvalue weighted by molar-refractivity contribution is -0.0446. The number of hydrogen-bond donors (Lipinski definition) is 1. The number of alkyl halides is 3. The van der Waals surface area contributed by atoms with Crippen LogP contribution in [0.4, 0.5) is 13.2 Å². The topological polar surface area (TPSA) is 46.2 Å². The molecule has 0 rings (SSSR count). The van der Waals surface area contributed by atoms with E-state index in [4.69, 9.17) is 0 Å². The average Bonchev–Trinajstić information content (AvgIpc) is 1.85. The summed E-state index contributed by atoms with van der Waals surface area (Å²) in [7, 11) is -5.17. The lowest BCUT2D eigenvalue weighted by atomic mass is 10.5. The summed E-state index contributed by atoms with van der Waals surface area (Å²) < 4.78 is 56.6. The maximum atomic E-state index is 11.6. The van der Waals surface area contributed by atoms with Gasteiger partial charge in [0.15, 0.2) is 0 Å². The third kappa shape index (κ3) is 3.22. The molecule has 3 nitrogen and oxygen atoms in total. The highest BCUT2D eigenvalue weighted by Crippen LogP contribution is 2.21. The van der Waals surface area contributed by atoms with Crippen LogP contribution in [0.2, 0.25) is 0 Å². The summed E-state index contributed by atoms with van der Waals surface area (Å²) in [5.41, 5.74) is -5.23. The zero-order chi connectivity index (χ0) is 9.83. The summed E-state index contributed by atoms with van der Waals surface area (Å²) in [5.74, 6) is 0. The Bertz CT molecular complexity index is 254. The molecule has 0 bridgehead atoms. The van der Waals surface area contributed by atoms with Crippen molar-refractivity contribution >= 4 is 10.0 Å². The molecule has 0 aromatic rings. The molecule has 0 saturated heterocycles. The lowest BCUT2D eigenvalue weighted by Gasteiger charge is -2.06. The number of hydrogen-bond acceptors (Lipinski definition) is 2. The van der Waals surface area contributed by atoms with Crippen molar-refractivity contribution in [2.24, 2.45) is 0 Å². The minimum Gasteiger partial charge on any atom is -0.204 e. The Morgan fingerprint density at radius 2 is 1.92 bits per heavy atom. The molecule has 12 heavy (non-hydrogen) atoms. The summed E-state index contributed by atoms with van der Waals surface area (Å²) in [4.78, 5) is 0. The standard InChI is InChI=1S/C5H8F3NO2S/c1-2-3-4-9-12(10,11)5(6,7)8/h2-3,9H,4H2,1H3/b3-2-. The highest BCUT2D eigenvalue weighted by atomic mass is 32.2. The van der Waals surface area contributed by atoms with Crippen LogP contribution in [0.15, 0.2) is 12.2 Å². The molecule has 0 atom stereocenters. The summed E-state index contributed by atoms with van der Waals surface area (Å²) in [6, 6.07) is 0. The van der Waals surface area contributed by atoms with Crippen molar-refractivity contribution in [2.75, 3.05) is 6.54 Å². The maximum Gasteiger partial charge on any atom is 0.511 e. The van der Waals surface area contributed by atoms with Crippen molar-refractivity contribution in [3.8, 4) is 0 Å². The molecular weight excluding hydrogens is 195 g/mol. The van der Waals surface area contributed by atoms with Crippen molar-refractivity contribution in [1.29, 1.82) is 0 Å². The van der Waals surface area contributed by atoms with Crippen molar-refractivity contribution in [1.82, 2.24) is 4.72 Å². The third-order valence-electron chi connectivity index (χ3n) is 0.932. The van der Waals surface area contributed by atoms with Gasteiger partial charge in [-0.05, 0) is 6.92 Å². The van der Waals surface area contributed by atoms with Gasteiger partial charge in [0.1, 0.15) is 0 Å². The maximum absolute atomic E-state index is 11.6. The van der Waals surface area contributed by atoms with Gasteiger partial charge in [-0.25, -0.2) is 13.1 Å². The molecule has 0 unspecified atom stereocenters. The van der Waals surface area contributed by atoms with Crippen LogP contribution in [-0.2, 0) is 10.0 Å². The quantitative estimate of drug-likeness (QED) is 0.695. The lowest BCUT2D eigenvalue weighted by Crippen LogP contribution is -2.36. The zero-order valence-electron chi connectivity index (χ0n) is 6.22. The second kappa shape index (κ2) is 3.90. The number of nitrogens with one attached hydrogen (secondary N) is 1. The van der Waals surface area contributed by atoms with Crippen LogP contribution in [0, 0.1) is 0 Å². The first kappa shape index (κ1) is 11.4. The number of halogens is 3. The van der Waals surface area contributed by atoms with Crippen LogP contribution in [0.25, 0.3) is 0 Å². The number of allylic oxidation sites excluding steroid dienone is 1. The summed E-state index contributed by atoms with van der Waals surface area (Å²) >= 11 is 0. The Morgan fingerprint density at radius 3 is 2.25 bits per heavy atom. The van der Waals surface area contributed by atoms with E-state index in [1.165, 1.54) is 16.9 Å². The van der Waals surface area contributed by atoms with Gasteiger partial charge in [-0.2, -0.15) is 13.2 Å². The van der Waals surface area contributed by atoms with E-state index >= 15 is 0 Å². The van der Waals surface area contributed by atoms with Crippen molar-refractivity contribution < 1.29 is 21.6 Å². The van der Waals surface area contributed by atoms with Gasteiger partial charge in [-0.1, -0.05) is 12.2 Å². The van der Waals surface area contributed by atoms with E-state index < -0.39 is 15.5 Å². The molecular formula is C5H8F3NO2S. The molecule has 0 amide bonds. The van der Waals surface area contributed by atoms with Crippen molar-refractivity contribution in [3.63, 3.8) is 0 Å². The fraction of sp³-hybridized carbons (Fsp3) is 0.600. The zero-order valence-corrected chi connectivity index (χ0v) is 7.04. The SMILES string of the molecule is C/C=C\CNS(=O)(=O)C(F)(F)F. The third-order valence-corrected chi connectivity index (χ3v) is 2.09. The molecule has 0 fully saturated rings. The molecule has 0 saturated carbocycles. The van der Waals surface area contributed by atoms with E-state index in [0.717, 1.165) is 0 Å². The molecule has 0 aromatic carbocycles. The van der Waals surface area contributed by atoms with Gasteiger partial charge in [0.05, 0.1) is 0 Å². The van der Waals surface area contributed by atoms with Crippen LogP contribution in [-0.4, -0.2) is 20.5 Å². The second-order valence-electron chi connectivity index (χ2n) is 1.87. The molecule has 0 aliphatic carbocycles. The van der Waals surface area contributed by atoms with E-state index in [1.807, 2.05) is 0 Å². The molecule has 0 radical (unpaired) electrons. The summed E-state index contributed by atoms with van der Waals surface area (Å²) in [5, 5.41) is 0. The average molecular weight is 203 g/mol. The Hall–Kier alpha value is -0.560. The van der Waals surface area contributed by atoms with E-state index in [1.54, 1.807) is 6.92 Å². The van der Waals surface area contributed by atoms with E-state index in [-0.39, 0.29) is 6.54 Å². The fourth-order valence-electron chi connectivity index (χ4n) is 0.358. The van der Waals surface area contributed by atoms with Gasteiger partial charge >= 0.3 is 15.5 Å². The van der Waals surface area contributed by atoms with Gasteiger partial charge in [-0.15, -0.1) is 0 Å². The van der Waals surface area contributed by atoms with Gasteiger partial charge < -0.3 is 0 Å². The molecule has 0 aromatic heterocycles. The Kier molecular flexibility index (Phi) is 3.72. The van der Waals surface area contributed by atoms with Crippen LogP contribution < -0.4 is 4.72 Å². The van der Waals surface area contributed by atoms with Crippen LogP contribution in [0.3, 0.4) is 0 Å². The number of sulfonamides is 1. The highest BCUT2D eigenvalue weighted by molar-refractivity contribution is 7.90. The van der Waals surface area contributed by atoms with Gasteiger partial charge in [0.25, 0.3) is 0 Å². The Balaban J connectivity index is 4.26. The summed E-state index contributed by atoms with van der Waals surface area (Å²) in [6.07, 6.45) is 2.71. The largest absolute Gasteiger partial charge is 0.511 e. The van der Waals surface area contributed by atoms with Crippen LogP contribution in [0.5, 0.6) is 0 Å². The van der Waals surface area contributed by atoms with Crippen LogP contribution in [0.1, 0.15) is 6.92 Å².